The Morgan fingerprint density at radius 1 is 1.53 bits per heavy atom. The van der Waals surface area contributed by atoms with Crippen molar-refractivity contribution in [2.45, 2.75) is 19.4 Å². The van der Waals surface area contributed by atoms with Gasteiger partial charge in [0.25, 0.3) is 5.91 Å². The highest BCUT2D eigenvalue weighted by Gasteiger charge is 2.29. The molecule has 2 N–H and O–H groups in total. The molecule has 1 fully saturated rings. The van der Waals surface area contributed by atoms with E-state index in [0.717, 1.165) is 19.5 Å². The standard InChI is InChI=1S/C14H20N2O3/c1-3-6-16(10-8-15-9-10)14(18)12-5-4-11(19-2)7-13(12)17/h4-5,7,10,15,17H,3,6,8-9H2,1-2H3. The van der Waals surface area contributed by atoms with Crippen LogP contribution in [0.3, 0.4) is 0 Å². The van der Waals surface area contributed by atoms with Crippen LogP contribution >= 0.6 is 0 Å². The van der Waals surface area contributed by atoms with E-state index in [1.54, 1.807) is 12.1 Å². The molecule has 1 aliphatic rings. The molecule has 104 valence electrons. The number of carbonyl (C=O) groups is 1. The topological polar surface area (TPSA) is 61.8 Å². The van der Waals surface area contributed by atoms with E-state index in [-0.39, 0.29) is 17.7 Å². The molecule has 19 heavy (non-hydrogen) atoms. The zero-order chi connectivity index (χ0) is 13.8. The van der Waals surface area contributed by atoms with Gasteiger partial charge in [0.15, 0.2) is 0 Å². The number of hydrogen-bond acceptors (Lipinski definition) is 4. The molecule has 0 radical (unpaired) electrons. The third-order valence-electron chi connectivity index (χ3n) is 3.36. The maximum Gasteiger partial charge on any atom is 0.257 e. The number of carbonyl (C=O) groups excluding carboxylic acids is 1. The zero-order valence-corrected chi connectivity index (χ0v) is 11.3. The van der Waals surface area contributed by atoms with Crippen LogP contribution in [0.4, 0.5) is 0 Å². The van der Waals surface area contributed by atoms with Gasteiger partial charge in [-0.1, -0.05) is 6.92 Å². The number of hydrogen-bond donors (Lipinski definition) is 2. The highest BCUT2D eigenvalue weighted by atomic mass is 16.5. The Labute approximate surface area is 113 Å². The Balaban J connectivity index is 2.20. The molecule has 0 atom stereocenters. The van der Waals surface area contributed by atoms with E-state index >= 15 is 0 Å². The molecular formula is C14H20N2O3. The molecule has 5 nitrogen and oxygen atoms in total. The average Bonchev–Trinajstić information content (AvgIpc) is 2.35. The van der Waals surface area contributed by atoms with Gasteiger partial charge < -0.3 is 20.1 Å². The summed E-state index contributed by atoms with van der Waals surface area (Å²) in [6.07, 6.45) is 0.902. The number of amides is 1. The van der Waals surface area contributed by atoms with Crippen LogP contribution in [0.2, 0.25) is 0 Å². The van der Waals surface area contributed by atoms with Crippen LogP contribution in [0.25, 0.3) is 0 Å². The molecule has 0 aliphatic carbocycles. The number of ether oxygens (including phenoxy) is 1. The largest absolute Gasteiger partial charge is 0.507 e. The van der Waals surface area contributed by atoms with Crippen LogP contribution in [-0.2, 0) is 0 Å². The van der Waals surface area contributed by atoms with Crippen LogP contribution < -0.4 is 10.1 Å². The van der Waals surface area contributed by atoms with Crippen LogP contribution in [0, 0.1) is 0 Å². The smallest absolute Gasteiger partial charge is 0.257 e. The van der Waals surface area contributed by atoms with Crippen molar-refractivity contribution < 1.29 is 14.6 Å². The molecule has 0 saturated carbocycles. The third-order valence-corrected chi connectivity index (χ3v) is 3.36. The van der Waals surface area contributed by atoms with Crippen LogP contribution in [0.15, 0.2) is 18.2 Å². The number of nitrogens with one attached hydrogen (secondary N) is 1. The minimum atomic E-state index is -0.117. The minimum absolute atomic E-state index is 0.0299. The molecule has 5 heteroatoms. The lowest BCUT2D eigenvalue weighted by Gasteiger charge is -2.38. The number of nitrogens with zero attached hydrogens (tertiary/aromatic N) is 1. The molecule has 1 saturated heterocycles. The lowest BCUT2D eigenvalue weighted by molar-refractivity contribution is 0.0612. The number of aromatic hydroxyl groups is 1. The number of phenols is 1. The SMILES string of the molecule is CCCN(C(=O)c1ccc(OC)cc1O)C1CNC1. The molecular weight excluding hydrogens is 244 g/mol. The van der Waals surface area contributed by atoms with Crippen molar-refractivity contribution in [1.29, 1.82) is 0 Å². The molecule has 1 aromatic carbocycles. The van der Waals surface area contributed by atoms with Gasteiger partial charge in [0.2, 0.25) is 0 Å². The zero-order valence-electron chi connectivity index (χ0n) is 11.3. The van der Waals surface area contributed by atoms with E-state index < -0.39 is 0 Å². The number of benzene rings is 1. The van der Waals surface area contributed by atoms with Crippen molar-refractivity contribution in [3.63, 3.8) is 0 Å². The Hall–Kier alpha value is -1.75. The summed E-state index contributed by atoms with van der Waals surface area (Å²) in [6.45, 7) is 4.39. The lowest BCUT2D eigenvalue weighted by Crippen LogP contribution is -2.59. The van der Waals surface area contributed by atoms with Crippen molar-refractivity contribution in [2.75, 3.05) is 26.7 Å². The van der Waals surface area contributed by atoms with Gasteiger partial charge in [0.1, 0.15) is 11.5 Å². The summed E-state index contributed by atoms with van der Waals surface area (Å²) in [5, 5.41) is 13.1. The first-order valence-corrected chi connectivity index (χ1v) is 6.56. The molecule has 1 heterocycles. The van der Waals surface area contributed by atoms with Crippen molar-refractivity contribution in [3.05, 3.63) is 23.8 Å². The van der Waals surface area contributed by atoms with Crippen molar-refractivity contribution >= 4 is 5.91 Å². The van der Waals surface area contributed by atoms with E-state index in [2.05, 4.69) is 5.32 Å². The summed E-state index contributed by atoms with van der Waals surface area (Å²) >= 11 is 0. The summed E-state index contributed by atoms with van der Waals surface area (Å²) in [6, 6.07) is 5.01. The fourth-order valence-electron chi connectivity index (χ4n) is 2.16. The van der Waals surface area contributed by atoms with E-state index in [9.17, 15) is 9.90 Å². The van der Waals surface area contributed by atoms with Gasteiger partial charge in [0, 0.05) is 25.7 Å². The van der Waals surface area contributed by atoms with Gasteiger partial charge in [-0.2, -0.15) is 0 Å². The Bertz CT molecular complexity index is 458. The summed E-state index contributed by atoms with van der Waals surface area (Å²) < 4.78 is 5.02. The first-order valence-electron chi connectivity index (χ1n) is 6.56. The maximum atomic E-state index is 12.5. The molecule has 0 aromatic heterocycles. The minimum Gasteiger partial charge on any atom is -0.507 e. The van der Waals surface area contributed by atoms with E-state index in [4.69, 9.17) is 4.74 Å². The highest BCUT2D eigenvalue weighted by molar-refractivity contribution is 5.97. The summed E-state index contributed by atoms with van der Waals surface area (Å²) in [4.78, 5) is 14.3. The molecule has 1 aliphatic heterocycles. The Morgan fingerprint density at radius 2 is 2.26 bits per heavy atom. The van der Waals surface area contributed by atoms with Crippen LogP contribution in [0.5, 0.6) is 11.5 Å². The van der Waals surface area contributed by atoms with E-state index in [0.29, 0.717) is 17.9 Å². The fourth-order valence-corrected chi connectivity index (χ4v) is 2.16. The normalized spacial score (nSPS) is 14.8. The molecule has 0 unspecified atom stereocenters. The maximum absolute atomic E-state index is 12.5. The second-order valence-corrected chi connectivity index (χ2v) is 4.69. The quantitative estimate of drug-likeness (QED) is 0.839. The highest BCUT2D eigenvalue weighted by Crippen LogP contribution is 2.25. The number of rotatable bonds is 5. The van der Waals surface area contributed by atoms with Crippen LogP contribution in [0.1, 0.15) is 23.7 Å². The second-order valence-electron chi connectivity index (χ2n) is 4.69. The molecule has 0 spiro atoms. The van der Waals surface area contributed by atoms with Gasteiger partial charge in [0.05, 0.1) is 18.7 Å². The predicted molar refractivity (Wildman–Crippen MR) is 72.6 cm³/mol. The summed E-state index contributed by atoms with van der Waals surface area (Å²) in [7, 11) is 1.53. The van der Waals surface area contributed by atoms with Gasteiger partial charge in [-0.05, 0) is 18.6 Å². The molecule has 1 amide bonds. The Morgan fingerprint density at radius 3 is 2.74 bits per heavy atom. The van der Waals surface area contributed by atoms with Gasteiger partial charge in [-0.3, -0.25) is 4.79 Å². The second kappa shape index (κ2) is 5.93. The van der Waals surface area contributed by atoms with Crippen molar-refractivity contribution in [2.24, 2.45) is 0 Å². The lowest BCUT2D eigenvalue weighted by atomic mass is 10.1. The van der Waals surface area contributed by atoms with Gasteiger partial charge in [-0.25, -0.2) is 0 Å². The first kappa shape index (κ1) is 13.7. The van der Waals surface area contributed by atoms with E-state index in [1.165, 1.54) is 13.2 Å². The predicted octanol–water partition coefficient (Wildman–Crippen LogP) is 1.22. The Kier molecular flexibility index (Phi) is 4.27. The first-order chi connectivity index (χ1) is 9.17. The average molecular weight is 264 g/mol. The summed E-state index contributed by atoms with van der Waals surface area (Å²) in [5.41, 5.74) is 0.334. The van der Waals surface area contributed by atoms with Crippen LogP contribution in [-0.4, -0.2) is 48.7 Å². The molecule has 2 rings (SSSR count). The fraction of sp³-hybridized carbons (Fsp3) is 0.500. The number of methoxy groups -OCH3 is 1. The summed E-state index contributed by atoms with van der Waals surface area (Å²) in [5.74, 6) is 0.396. The third kappa shape index (κ3) is 2.81. The van der Waals surface area contributed by atoms with Crippen molar-refractivity contribution in [1.82, 2.24) is 10.2 Å². The van der Waals surface area contributed by atoms with Gasteiger partial charge in [-0.15, -0.1) is 0 Å². The monoisotopic (exact) mass is 264 g/mol. The molecule has 0 bridgehead atoms. The molecule has 1 aromatic rings. The van der Waals surface area contributed by atoms with Gasteiger partial charge >= 0.3 is 0 Å². The van der Waals surface area contributed by atoms with Crippen molar-refractivity contribution in [3.8, 4) is 11.5 Å². The van der Waals surface area contributed by atoms with E-state index in [1.807, 2.05) is 11.8 Å². The number of phenolic OH excluding ortho intramolecular Hbond substituents is 1.